The number of fused-ring (bicyclic) bond motifs is 6. The van der Waals surface area contributed by atoms with Gasteiger partial charge in [-0.3, -0.25) is 4.98 Å². The number of ether oxygens (including phenoxy) is 1. The molecule has 0 saturated carbocycles. The van der Waals surface area contributed by atoms with Gasteiger partial charge in [-0.15, -0.1) is 48.3 Å². The Morgan fingerprint density at radius 3 is 1.85 bits per heavy atom. The molecule has 7 heteroatoms. The van der Waals surface area contributed by atoms with Crippen LogP contribution in [0.3, 0.4) is 0 Å². The Kier molecular flexibility index (Phi) is 10.5. The normalized spacial score (nSPS) is 13.4. The summed E-state index contributed by atoms with van der Waals surface area (Å²) in [5, 5.41) is 0. The maximum atomic E-state index is 6.70. The zero-order valence-electron chi connectivity index (χ0n) is 35.7. The molecule has 60 heavy (non-hydrogen) atoms. The van der Waals surface area contributed by atoms with Crippen LogP contribution in [0.25, 0.3) is 22.3 Å². The van der Waals surface area contributed by atoms with Gasteiger partial charge in [0.05, 0.1) is 5.69 Å². The van der Waals surface area contributed by atoms with Crippen molar-refractivity contribution in [1.29, 1.82) is 0 Å². The van der Waals surface area contributed by atoms with Crippen LogP contribution in [0.4, 0.5) is 39.9 Å². The molecule has 4 heterocycles. The first-order valence-electron chi connectivity index (χ1n) is 20.4. The van der Waals surface area contributed by atoms with E-state index in [2.05, 4.69) is 198 Å². The SMILES string of the molecule is CC(C)(C)c1cc(N2[CH-]N(c3[c-]c(Oc4[c-]c5c(cc4)-c4ccccc4-c4cnccc4N5c4cc(C(C)(C)C)ccn4)ccc3)c3ccccc32)cc(C(C)(C)C)c1.[Pd]. The van der Waals surface area contributed by atoms with E-state index in [1.165, 1.54) is 16.7 Å². The van der Waals surface area contributed by atoms with E-state index in [1.54, 1.807) is 0 Å². The Morgan fingerprint density at radius 1 is 0.533 bits per heavy atom. The quantitative estimate of drug-likeness (QED) is 0.127. The van der Waals surface area contributed by atoms with Crippen molar-refractivity contribution in [2.24, 2.45) is 0 Å². The molecule has 306 valence electrons. The summed E-state index contributed by atoms with van der Waals surface area (Å²) in [4.78, 5) is 16.2. The number of aromatic nitrogens is 2. The molecule has 0 bridgehead atoms. The zero-order chi connectivity index (χ0) is 41.3. The van der Waals surface area contributed by atoms with Gasteiger partial charge in [-0.2, -0.15) is 12.1 Å². The minimum atomic E-state index is -0.0674. The first-order chi connectivity index (χ1) is 28.1. The minimum absolute atomic E-state index is 0. The van der Waals surface area contributed by atoms with Crippen molar-refractivity contribution >= 4 is 39.9 Å². The topological polar surface area (TPSA) is 44.7 Å². The van der Waals surface area contributed by atoms with Gasteiger partial charge in [-0.1, -0.05) is 116 Å². The molecule has 0 unspecified atom stereocenters. The Bertz CT molecular complexity index is 2690. The van der Waals surface area contributed by atoms with Gasteiger partial charge in [0.2, 0.25) is 0 Å². The average molecular weight is 879 g/mol. The van der Waals surface area contributed by atoms with Crippen LogP contribution in [-0.2, 0) is 36.7 Å². The molecule has 0 radical (unpaired) electrons. The Labute approximate surface area is 369 Å². The molecule has 2 aliphatic rings. The van der Waals surface area contributed by atoms with Crippen molar-refractivity contribution < 1.29 is 25.2 Å². The van der Waals surface area contributed by atoms with Crippen molar-refractivity contribution in [2.45, 2.75) is 78.6 Å². The molecule has 0 aliphatic carbocycles. The standard InChI is InChI=1S/C53H50N5O.Pd/c1-51(2,3)35-23-26-55-50(30-35)58-46-24-25-54-33-45(46)43-18-11-10-17-42(43)44-22-21-41(32-49(44)58)59-40-16-14-15-38(31-40)56-34-57(48-20-13-12-19-47(48)56)39-28-36(52(4,5)6)27-37(29-39)53(7,8)9;/h10-30,33-34H,1-9H3;/q-3;. The molecule has 0 amide bonds. The summed E-state index contributed by atoms with van der Waals surface area (Å²) in [6.07, 6.45) is 5.68. The van der Waals surface area contributed by atoms with Gasteiger partial charge >= 0.3 is 0 Å². The summed E-state index contributed by atoms with van der Waals surface area (Å²) >= 11 is 0. The number of para-hydroxylation sites is 2. The summed E-state index contributed by atoms with van der Waals surface area (Å²) in [5.41, 5.74) is 14.0. The average Bonchev–Trinajstić information content (AvgIpc) is 3.55. The molecule has 7 aromatic rings. The fourth-order valence-corrected chi connectivity index (χ4v) is 7.91. The molecule has 5 aromatic carbocycles. The van der Waals surface area contributed by atoms with Gasteiger partial charge < -0.3 is 19.4 Å². The zero-order valence-corrected chi connectivity index (χ0v) is 37.3. The molecule has 9 rings (SSSR count). The van der Waals surface area contributed by atoms with Crippen LogP contribution in [0.2, 0.25) is 0 Å². The molecule has 0 fully saturated rings. The summed E-state index contributed by atoms with van der Waals surface area (Å²) in [6, 6.07) is 47.9. The van der Waals surface area contributed by atoms with Gasteiger partial charge in [0, 0.05) is 73.1 Å². The molecule has 2 aliphatic heterocycles. The molecule has 0 saturated heterocycles. The van der Waals surface area contributed by atoms with Gasteiger partial charge in [-0.05, 0) is 81.0 Å². The second-order valence-electron chi connectivity index (χ2n) is 18.6. The van der Waals surface area contributed by atoms with Gasteiger partial charge in [0.1, 0.15) is 5.82 Å². The van der Waals surface area contributed by atoms with E-state index in [9.17, 15) is 0 Å². The number of hydrogen-bond acceptors (Lipinski definition) is 6. The Hall–Kier alpha value is -5.74. The predicted octanol–water partition coefficient (Wildman–Crippen LogP) is 14.3. The van der Waals surface area contributed by atoms with E-state index < -0.39 is 0 Å². The summed E-state index contributed by atoms with van der Waals surface area (Å²) in [5.74, 6) is 1.97. The van der Waals surface area contributed by atoms with E-state index in [-0.39, 0.29) is 36.7 Å². The third-order valence-electron chi connectivity index (χ3n) is 11.3. The van der Waals surface area contributed by atoms with Crippen LogP contribution in [0, 0.1) is 18.8 Å². The Balaban J connectivity index is 0.00000499. The minimum Gasteiger partial charge on any atom is -0.509 e. The van der Waals surface area contributed by atoms with Crippen LogP contribution in [0.1, 0.15) is 79.0 Å². The van der Waals surface area contributed by atoms with E-state index in [0.717, 1.165) is 62.2 Å². The van der Waals surface area contributed by atoms with Crippen LogP contribution in [0.15, 0.2) is 134 Å². The van der Waals surface area contributed by atoms with Crippen LogP contribution in [-0.4, -0.2) is 9.97 Å². The van der Waals surface area contributed by atoms with Crippen molar-refractivity contribution in [1.82, 2.24) is 9.97 Å². The Morgan fingerprint density at radius 2 is 1.17 bits per heavy atom. The van der Waals surface area contributed by atoms with E-state index in [1.807, 2.05) is 36.8 Å². The molecule has 6 nitrogen and oxygen atoms in total. The third-order valence-corrected chi connectivity index (χ3v) is 11.3. The largest absolute Gasteiger partial charge is 0.509 e. The summed E-state index contributed by atoms with van der Waals surface area (Å²) in [6.45, 7) is 22.5. The van der Waals surface area contributed by atoms with E-state index in [0.29, 0.717) is 11.5 Å². The van der Waals surface area contributed by atoms with Crippen molar-refractivity contribution in [3.8, 4) is 33.8 Å². The van der Waals surface area contributed by atoms with Gasteiger partial charge in [-0.25, -0.2) is 4.98 Å². The smallest absolute Gasteiger partial charge is 0.135 e. The number of nitrogens with zero attached hydrogens (tertiary/aromatic N) is 5. The number of anilines is 7. The van der Waals surface area contributed by atoms with E-state index >= 15 is 0 Å². The van der Waals surface area contributed by atoms with Gasteiger partial charge in [0.15, 0.2) is 0 Å². The molecular weight excluding hydrogens is 829 g/mol. The van der Waals surface area contributed by atoms with Crippen molar-refractivity contribution in [2.75, 3.05) is 14.7 Å². The first kappa shape index (κ1) is 41.0. The number of rotatable bonds is 5. The fraction of sp³-hybridized carbons (Fsp3) is 0.226. The van der Waals surface area contributed by atoms with Crippen molar-refractivity contribution in [3.05, 3.63) is 169 Å². The third kappa shape index (κ3) is 7.62. The molecule has 0 N–H and O–H groups in total. The summed E-state index contributed by atoms with van der Waals surface area (Å²) < 4.78 is 6.70. The first-order valence-corrected chi connectivity index (χ1v) is 20.4. The molecule has 0 atom stereocenters. The number of pyridine rings is 2. The number of hydrogen-bond donors (Lipinski definition) is 0. The predicted molar refractivity (Wildman–Crippen MR) is 243 cm³/mol. The van der Waals surface area contributed by atoms with Crippen molar-refractivity contribution in [3.63, 3.8) is 0 Å². The number of benzene rings is 5. The maximum absolute atomic E-state index is 6.70. The van der Waals surface area contributed by atoms with Gasteiger partial charge in [0.25, 0.3) is 0 Å². The van der Waals surface area contributed by atoms with Crippen LogP contribution in [0.5, 0.6) is 11.5 Å². The molecule has 2 aromatic heterocycles. The second-order valence-corrected chi connectivity index (χ2v) is 18.6. The molecular formula is C53H50N5OPd-3. The maximum Gasteiger partial charge on any atom is 0.135 e. The molecule has 0 spiro atoms. The monoisotopic (exact) mass is 878 g/mol. The van der Waals surface area contributed by atoms with Crippen LogP contribution >= 0.6 is 0 Å². The fourth-order valence-electron chi connectivity index (χ4n) is 7.91. The summed E-state index contributed by atoms with van der Waals surface area (Å²) in [7, 11) is 0. The van der Waals surface area contributed by atoms with E-state index in [4.69, 9.17) is 9.72 Å². The van der Waals surface area contributed by atoms with Crippen LogP contribution < -0.4 is 19.4 Å². The second kappa shape index (κ2) is 15.4.